The number of β-lactam (4-membered cyclic amide) rings is 1. The van der Waals surface area contributed by atoms with Crippen molar-refractivity contribution >= 4 is 5.91 Å². The lowest BCUT2D eigenvalue weighted by Crippen LogP contribution is -2.73. The van der Waals surface area contributed by atoms with Crippen molar-refractivity contribution in [3.63, 3.8) is 0 Å². The lowest BCUT2D eigenvalue weighted by atomic mass is 9.98. The predicted molar refractivity (Wildman–Crippen MR) is 49.3 cm³/mol. The number of hydrogen-bond acceptors (Lipinski definition) is 2. The van der Waals surface area contributed by atoms with Crippen molar-refractivity contribution in [3.8, 4) is 0 Å². The van der Waals surface area contributed by atoms with E-state index in [4.69, 9.17) is 0 Å². The molecule has 0 bridgehead atoms. The molecule has 1 heterocycles. The van der Waals surface area contributed by atoms with E-state index < -0.39 is 24.2 Å². The predicted octanol–water partition coefficient (Wildman–Crippen LogP) is 1.20. The summed E-state index contributed by atoms with van der Waals surface area (Å²) >= 11 is 0. The fourth-order valence-corrected chi connectivity index (χ4v) is 1.50. The van der Waals surface area contributed by atoms with Crippen LogP contribution in [0.5, 0.6) is 0 Å². The van der Waals surface area contributed by atoms with Gasteiger partial charge in [-0.2, -0.15) is 13.2 Å². The fourth-order valence-electron chi connectivity index (χ4n) is 1.50. The molecule has 1 rings (SSSR count). The van der Waals surface area contributed by atoms with Crippen molar-refractivity contribution in [1.29, 1.82) is 0 Å². The number of amides is 1. The van der Waals surface area contributed by atoms with Crippen LogP contribution in [0.15, 0.2) is 0 Å². The van der Waals surface area contributed by atoms with Gasteiger partial charge >= 0.3 is 6.18 Å². The van der Waals surface area contributed by atoms with E-state index in [1.807, 2.05) is 12.2 Å². The topological polar surface area (TPSA) is 41.1 Å². The van der Waals surface area contributed by atoms with E-state index in [2.05, 4.69) is 5.32 Å². The molecule has 1 amide bonds. The van der Waals surface area contributed by atoms with Gasteiger partial charge < -0.3 is 10.6 Å². The van der Waals surface area contributed by atoms with Gasteiger partial charge in [-0.3, -0.25) is 4.79 Å². The standard InChI is InChI=1S/C9H15F3N2O/c1-2-3-4-5-13-6-7(9(10,11)12)14-8(6)15/h6-7,13H,2-5H2,1H3,(H,14,15). The van der Waals surface area contributed by atoms with Crippen LogP contribution in [-0.2, 0) is 4.79 Å². The number of alkyl halides is 3. The van der Waals surface area contributed by atoms with Gasteiger partial charge in [-0.25, -0.2) is 0 Å². The maximum absolute atomic E-state index is 12.2. The summed E-state index contributed by atoms with van der Waals surface area (Å²) in [6.45, 7) is 2.47. The summed E-state index contributed by atoms with van der Waals surface area (Å²) in [6.07, 6.45) is -1.60. The van der Waals surface area contributed by atoms with Crippen LogP contribution >= 0.6 is 0 Å². The molecular weight excluding hydrogens is 209 g/mol. The maximum atomic E-state index is 12.2. The molecule has 0 aromatic heterocycles. The van der Waals surface area contributed by atoms with Gasteiger partial charge in [0.15, 0.2) is 0 Å². The van der Waals surface area contributed by atoms with Gasteiger partial charge in [0.1, 0.15) is 12.1 Å². The minimum Gasteiger partial charge on any atom is -0.341 e. The van der Waals surface area contributed by atoms with E-state index in [0.717, 1.165) is 19.3 Å². The molecule has 2 atom stereocenters. The summed E-state index contributed by atoms with van der Waals surface area (Å²) in [5, 5.41) is 4.48. The highest BCUT2D eigenvalue weighted by molar-refractivity contribution is 5.89. The quantitative estimate of drug-likeness (QED) is 0.544. The molecule has 15 heavy (non-hydrogen) atoms. The van der Waals surface area contributed by atoms with Gasteiger partial charge in [0, 0.05) is 0 Å². The monoisotopic (exact) mass is 224 g/mol. The largest absolute Gasteiger partial charge is 0.410 e. The van der Waals surface area contributed by atoms with Crippen molar-refractivity contribution in [1.82, 2.24) is 10.6 Å². The first-order valence-corrected chi connectivity index (χ1v) is 5.07. The third-order valence-corrected chi connectivity index (χ3v) is 2.41. The van der Waals surface area contributed by atoms with Crippen molar-refractivity contribution in [2.45, 2.75) is 44.4 Å². The molecule has 2 N–H and O–H groups in total. The molecule has 1 aliphatic heterocycles. The molecule has 1 fully saturated rings. The van der Waals surface area contributed by atoms with Crippen LogP contribution in [0.3, 0.4) is 0 Å². The summed E-state index contributed by atoms with van der Waals surface area (Å²) in [7, 11) is 0. The minimum atomic E-state index is -4.35. The second-order valence-corrected chi connectivity index (χ2v) is 3.67. The smallest absolute Gasteiger partial charge is 0.341 e. The van der Waals surface area contributed by atoms with Gasteiger partial charge in [0.05, 0.1) is 0 Å². The fraction of sp³-hybridized carbons (Fsp3) is 0.889. The molecular formula is C9H15F3N2O. The van der Waals surface area contributed by atoms with Crippen molar-refractivity contribution in [2.24, 2.45) is 0 Å². The summed E-state index contributed by atoms with van der Waals surface area (Å²) in [4.78, 5) is 10.9. The average molecular weight is 224 g/mol. The third-order valence-electron chi connectivity index (χ3n) is 2.41. The van der Waals surface area contributed by atoms with E-state index in [0.29, 0.717) is 6.54 Å². The Balaban J connectivity index is 2.30. The van der Waals surface area contributed by atoms with E-state index >= 15 is 0 Å². The lowest BCUT2D eigenvalue weighted by molar-refractivity contribution is -0.187. The minimum absolute atomic E-state index is 0.457. The first-order chi connectivity index (χ1) is 6.96. The van der Waals surface area contributed by atoms with Crippen LogP contribution < -0.4 is 10.6 Å². The van der Waals surface area contributed by atoms with Gasteiger partial charge in [-0.1, -0.05) is 19.8 Å². The van der Waals surface area contributed by atoms with Crippen LogP contribution in [0.4, 0.5) is 13.2 Å². The second-order valence-electron chi connectivity index (χ2n) is 3.67. The van der Waals surface area contributed by atoms with Gasteiger partial charge in [0.2, 0.25) is 5.91 Å². The number of carbonyl (C=O) groups is 1. The second kappa shape index (κ2) is 4.83. The third kappa shape index (κ3) is 3.09. The molecule has 6 heteroatoms. The number of hydrogen-bond donors (Lipinski definition) is 2. The maximum Gasteiger partial charge on any atom is 0.410 e. The van der Waals surface area contributed by atoms with Gasteiger partial charge in [-0.05, 0) is 13.0 Å². The number of halogens is 3. The van der Waals surface area contributed by atoms with Crippen LogP contribution in [0.2, 0.25) is 0 Å². The summed E-state index contributed by atoms with van der Waals surface area (Å²) in [6, 6.07) is -2.81. The first-order valence-electron chi connectivity index (χ1n) is 5.07. The van der Waals surface area contributed by atoms with Crippen LogP contribution in [0.25, 0.3) is 0 Å². The molecule has 0 aromatic rings. The molecule has 3 nitrogen and oxygen atoms in total. The van der Waals surface area contributed by atoms with Crippen molar-refractivity contribution < 1.29 is 18.0 Å². The molecule has 1 saturated heterocycles. The Labute approximate surface area is 86.4 Å². The number of unbranched alkanes of at least 4 members (excludes halogenated alkanes) is 2. The van der Waals surface area contributed by atoms with Crippen molar-refractivity contribution in [3.05, 3.63) is 0 Å². The lowest BCUT2D eigenvalue weighted by Gasteiger charge is -2.38. The Morgan fingerprint density at radius 1 is 1.40 bits per heavy atom. The normalized spacial score (nSPS) is 26.0. The van der Waals surface area contributed by atoms with Crippen LogP contribution in [0.1, 0.15) is 26.2 Å². The Kier molecular flexibility index (Phi) is 3.96. The molecule has 0 saturated carbocycles. The molecule has 2 unspecified atom stereocenters. The zero-order chi connectivity index (χ0) is 11.5. The van der Waals surface area contributed by atoms with Gasteiger partial charge in [0.25, 0.3) is 0 Å². The molecule has 88 valence electrons. The Hall–Kier alpha value is -0.780. The Morgan fingerprint density at radius 3 is 2.53 bits per heavy atom. The van der Waals surface area contributed by atoms with Gasteiger partial charge in [-0.15, -0.1) is 0 Å². The summed E-state index contributed by atoms with van der Waals surface area (Å²) in [5.41, 5.74) is 0. The molecule has 0 aliphatic carbocycles. The zero-order valence-corrected chi connectivity index (χ0v) is 8.53. The number of carbonyl (C=O) groups excluding carboxylic acids is 1. The summed E-state index contributed by atoms with van der Waals surface area (Å²) in [5.74, 6) is -0.561. The number of nitrogens with one attached hydrogen (secondary N) is 2. The highest BCUT2D eigenvalue weighted by atomic mass is 19.4. The highest BCUT2D eigenvalue weighted by Gasteiger charge is 2.54. The average Bonchev–Trinajstić information content (AvgIpc) is 2.12. The van der Waals surface area contributed by atoms with Crippen LogP contribution in [-0.4, -0.2) is 30.7 Å². The summed E-state index contributed by atoms with van der Waals surface area (Å²) < 4.78 is 36.7. The Morgan fingerprint density at radius 2 is 2.07 bits per heavy atom. The Bertz CT molecular complexity index is 230. The van der Waals surface area contributed by atoms with Crippen molar-refractivity contribution in [2.75, 3.05) is 6.54 Å². The zero-order valence-electron chi connectivity index (χ0n) is 8.53. The molecule has 0 aromatic carbocycles. The number of rotatable bonds is 5. The molecule has 0 radical (unpaired) electrons. The van der Waals surface area contributed by atoms with E-state index in [1.165, 1.54) is 0 Å². The first kappa shape index (κ1) is 12.3. The van der Waals surface area contributed by atoms with E-state index in [9.17, 15) is 18.0 Å². The van der Waals surface area contributed by atoms with E-state index in [1.54, 1.807) is 0 Å². The van der Waals surface area contributed by atoms with Crippen LogP contribution in [0, 0.1) is 0 Å². The SMILES string of the molecule is CCCCCNC1C(=O)NC1C(F)(F)F. The molecule has 1 aliphatic rings. The highest BCUT2D eigenvalue weighted by Crippen LogP contribution is 2.27. The van der Waals surface area contributed by atoms with E-state index in [-0.39, 0.29) is 0 Å². The molecule has 0 spiro atoms.